The first-order chi connectivity index (χ1) is 15.4. The van der Waals surface area contributed by atoms with Crippen LogP contribution in [-0.4, -0.2) is 35.5 Å². The van der Waals surface area contributed by atoms with Gasteiger partial charge < -0.3 is 30.2 Å². The number of halogens is 1. The first-order valence-electron chi connectivity index (χ1n) is 11.4. The molecule has 4 atom stereocenters. The van der Waals surface area contributed by atoms with Crippen molar-refractivity contribution in [1.29, 1.82) is 0 Å². The Morgan fingerprint density at radius 2 is 1.97 bits per heavy atom. The van der Waals surface area contributed by atoms with Gasteiger partial charge in [-0.1, -0.05) is 31.5 Å². The molecule has 0 bridgehead atoms. The van der Waals surface area contributed by atoms with Gasteiger partial charge in [0.1, 0.15) is 18.3 Å². The quantitative estimate of drug-likeness (QED) is 0.558. The van der Waals surface area contributed by atoms with Crippen molar-refractivity contribution in [1.82, 2.24) is 4.98 Å². The Bertz CT molecular complexity index is 974. The van der Waals surface area contributed by atoms with Crippen molar-refractivity contribution in [3.05, 3.63) is 52.2 Å². The average molecular weight is 461 g/mol. The van der Waals surface area contributed by atoms with Crippen LogP contribution in [0.4, 0.5) is 5.82 Å². The second-order valence-corrected chi connectivity index (χ2v) is 9.04. The number of nitrogens with two attached hydrogens (primary N) is 1. The molecule has 1 aliphatic carbocycles. The molecule has 4 unspecified atom stereocenters. The summed E-state index contributed by atoms with van der Waals surface area (Å²) in [5.74, 6) is 1.49. The number of aliphatic imine (C=N–C) groups is 1. The lowest BCUT2D eigenvalue weighted by Gasteiger charge is -2.26. The van der Waals surface area contributed by atoms with Crippen molar-refractivity contribution < 1.29 is 14.2 Å². The smallest absolute Gasteiger partial charge is 0.163 e. The Hall–Kier alpha value is -2.06. The summed E-state index contributed by atoms with van der Waals surface area (Å²) in [4.78, 5) is 7.02. The summed E-state index contributed by atoms with van der Waals surface area (Å²) in [7, 11) is 0. The number of ether oxygens (including phenoxy) is 3. The highest BCUT2D eigenvalue weighted by Gasteiger charge is 2.52. The molecule has 1 saturated carbocycles. The molecular formula is C24H33ClN4O3. The van der Waals surface area contributed by atoms with Crippen LogP contribution >= 0.6 is 11.6 Å². The number of benzene rings is 1. The maximum Gasteiger partial charge on any atom is 0.163 e. The number of fused-ring (bicyclic) bond motifs is 3. The highest BCUT2D eigenvalue weighted by molar-refractivity contribution is 6.30. The van der Waals surface area contributed by atoms with Crippen molar-refractivity contribution in [2.75, 3.05) is 12.0 Å². The first kappa shape index (κ1) is 23.1. The van der Waals surface area contributed by atoms with Crippen LogP contribution in [0.2, 0.25) is 5.02 Å². The lowest BCUT2D eigenvalue weighted by atomic mass is 9.91. The molecule has 3 aliphatic heterocycles. The van der Waals surface area contributed by atoms with E-state index < -0.39 is 5.79 Å². The van der Waals surface area contributed by atoms with Gasteiger partial charge in [-0.05, 0) is 56.0 Å². The predicted molar refractivity (Wildman–Crippen MR) is 127 cm³/mol. The number of aromatic nitrogens is 1. The van der Waals surface area contributed by atoms with E-state index in [9.17, 15) is 0 Å². The molecule has 1 aromatic carbocycles. The fraction of sp³-hybridized carbons (Fsp3) is 0.542. The molecule has 8 heteroatoms. The molecule has 0 spiro atoms. The van der Waals surface area contributed by atoms with Crippen molar-refractivity contribution >= 4 is 23.3 Å². The van der Waals surface area contributed by atoms with E-state index in [1.165, 1.54) is 11.1 Å². The second kappa shape index (κ2) is 9.43. The zero-order valence-corrected chi connectivity index (χ0v) is 19.9. The minimum atomic E-state index is -0.463. The minimum absolute atomic E-state index is 0.120. The SMILES string of the molecule is CC.CC1(C)OC2CCC(C3OCc4cc(Cl)ccc43)C2O1.NC1=NCNc2[nH]ccc21. The van der Waals surface area contributed by atoms with E-state index >= 15 is 0 Å². The molecule has 1 aromatic heterocycles. The van der Waals surface area contributed by atoms with Gasteiger partial charge in [-0.2, -0.15) is 0 Å². The van der Waals surface area contributed by atoms with Crippen LogP contribution in [0.15, 0.2) is 35.5 Å². The summed E-state index contributed by atoms with van der Waals surface area (Å²) in [6, 6.07) is 7.97. The molecule has 4 aliphatic rings. The lowest BCUT2D eigenvalue weighted by Crippen LogP contribution is -2.28. The van der Waals surface area contributed by atoms with Crippen LogP contribution < -0.4 is 11.1 Å². The number of aromatic amines is 1. The Kier molecular flexibility index (Phi) is 6.81. The van der Waals surface area contributed by atoms with Gasteiger partial charge in [0.15, 0.2) is 5.79 Å². The van der Waals surface area contributed by atoms with Gasteiger partial charge in [0, 0.05) is 17.1 Å². The number of anilines is 1. The topological polar surface area (TPSA) is 93.9 Å². The molecular weight excluding hydrogens is 428 g/mol. The molecule has 6 rings (SSSR count). The van der Waals surface area contributed by atoms with Gasteiger partial charge >= 0.3 is 0 Å². The van der Waals surface area contributed by atoms with Crippen LogP contribution in [0.1, 0.15) is 63.3 Å². The van der Waals surface area contributed by atoms with Crippen molar-refractivity contribution in [3.63, 3.8) is 0 Å². The molecule has 174 valence electrons. The number of nitrogens with one attached hydrogen (secondary N) is 2. The predicted octanol–water partition coefficient (Wildman–Crippen LogP) is 4.97. The van der Waals surface area contributed by atoms with Gasteiger partial charge in [0.2, 0.25) is 0 Å². The highest BCUT2D eigenvalue weighted by atomic mass is 35.5. The Labute approximate surface area is 194 Å². The second-order valence-electron chi connectivity index (χ2n) is 8.60. The van der Waals surface area contributed by atoms with Crippen LogP contribution in [0.5, 0.6) is 0 Å². The van der Waals surface area contributed by atoms with Crippen molar-refractivity contribution in [3.8, 4) is 0 Å². The van der Waals surface area contributed by atoms with Gasteiger partial charge in [-0.15, -0.1) is 0 Å². The van der Waals surface area contributed by atoms with E-state index in [4.69, 9.17) is 31.5 Å². The lowest BCUT2D eigenvalue weighted by molar-refractivity contribution is -0.162. The third-order valence-electron chi connectivity index (χ3n) is 6.18. The third-order valence-corrected chi connectivity index (χ3v) is 6.41. The molecule has 1 saturated heterocycles. The normalized spacial score (nSPS) is 28.7. The van der Waals surface area contributed by atoms with Crippen LogP contribution in [-0.2, 0) is 20.8 Å². The van der Waals surface area contributed by atoms with E-state index in [-0.39, 0.29) is 18.3 Å². The highest BCUT2D eigenvalue weighted by Crippen LogP contribution is 2.49. The number of hydrogen-bond donors (Lipinski definition) is 3. The molecule has 2 aromatic rings. The Morgan fingerprint density at radius 3 is 2.75 bits per heavy atom. The van der Waals surface area contributed by atoms with Crippen LogP contribution in [0.25, 0.3) is 0 Å². The number of H-pyrrole nitrogens is 1. The van der Waals surface area contributed by atoms with Crippen molar-refractivity contribution in [2.24, 2.45) is 16.6 Å². The summed E-state index contributed by atoms with van der Waals surface area (Å²) >= 11 is 6.06. The standard InChI is InChI=1S/C16H19ClO3.C6H8N4.C2H6/c1-16(2)19-13-6-5-12(15(13)20-16)14-11-4-3-10(17)7-9(11)8-18-14;7-5-4-1-2-8-6(4)10-3-9-5;1-2/h3-4,7,12-15H,5-6,8H2,1-2H3;1-2,8,10H,3H2,(H2,7,9);1-2H3. The zero-order valence-electron chi connectivity index (χ0n) is 19.2. The van der Waals surface area contributed by atoms with E-state index in [2.05, 4.69) is 21.4 Å². The minimum Gasteiger partial charge on any atom is -0.383 e. The number of hydrogen-bond acceptors (Lipinski definition) is 6. The number of amidine groups is 1. The van der Waals surface area contributed by atoms with Crippen LogP contribution in [0.3, 0.4) is 0 Å². The number of nitrogens with zero attached hydrogens (tertiary/aromatic N) is 1. The Balaban J connectivity index is 0.000000171. The fourth-order valence-electron chi connectivity index (χ4n) is 4.91. The molecule has 0 amide bonds. The summed E-state index contributed by atoms with van der Waals surface area (Å²) in [6.07, 6.45) is 4.48. The van der Waals surface area contributed by atoms with Gasteiger partial charge in [-0.3, -0.25) is 0 Å². The van der Waals surface area contributed by atoms with E-state index in [0.29, 0.717) is 25.0 Å². The zero-order chi connectivity index (χ0) is 22.9. The molecule has 32 heavy (non-hydrogen) atoms. The fourth-order valence-corrected chi connectivity index (χ4v) is 5.11. The van der Waals surface area contributed by atoms with Crippen LogP contribution in [0, 0.1) is 5.92 Å². The summed E-state index contributed by atoms with van der Waals surface area (Å²) in [5.41, 5.74) is 9.03. The van der Waals surface area contributed by atoms with E-state index in [0.717, 1.165) is 29.2 Å². The number of rotatable bonds is 1. The average Bonchev–Trinajstić information content (AvgIpc) is 3.53. The molecule has 4 heterocycles. The first-order valence-corrected chi connectivity index (χ1v) is 11.8. The van der Waals surface area contributed by atoms with E-state index in [1.807, 2.05) is 52.1 Å². The van der Waals surface area contributed by atoms with Crippen molar-refractivity contribution in [2.45, 2.75) is 71.2 Å². The molecule has 0 radical (unpaired) electrons. The van der Waals surface area contributed by atoms with Gasteiger partial charge in [0.25, 0.3) is 0 Å². The van der Waals surface area contributed by atoms with Gasteiger partial charge in [-0.25, -0.2) is 4.99 Å². The third kappa shape index (κ3) is 4.53. The maximum atomic E-state index is 6.11. The monoisotopic (exact) mass is 460 g/mol. The molecule has 2 fully saturated rings. The summed E-state index contributed by atoms with van der Waals surface area (Å²) < 4.78 is 18.1. The molecule has 7 nitrogen and oxygen atoms in total. The summed E-state index contributed by atoms with van der Waals surface area (Å²) in [6.45, 7) is 9.20. The maximum absolute atomic E-state index is 6.11. The largest absolute Gasteiger partial charge is 0.383 e. The molecule has 4 N–H and O–H groups in total. The Morgan fingerprint density at radius 1 is 1.16 bits per heavy atom. The van der Waals surface area contributed by atoms with E-state index in [1.54, 1.807) is 0 Å². The summed E-state index contributed by atoms with van der Waals surface area (Å²) in [5, 5.41) is 3.83. The van der Waals surface area contributed by atoms with Gasteiger partial charge in [0.05, 0.1) is 30.5 Å².